The number of hydrogen-bond acceptors (Lipinski definition) is 3. The van der Waals surface area contributed by atoms with Crippen LogP contribution in [-0.4, -0.2) is 22.5 Å². The zero-order valence-electron chi connectivity index (χ0n) is 12.0. The van der Waals surface area contributed by atoms with E-state index in [-0.39, 0.29) is 0 Å². The van der Waals surface area contributed by atoms with E-state index in [4.69, 9.17) is 0 Å². The summed E-state index contributed by atoms with van der Waals surface area (Å²) in [7, 11) is -14.9. The molecule has 0 saturated heterocycles. The summed E-state index contributed by atoms with van der Waals surface area (Å²) in [5.74, 6) is 0. The highest BCUT2D eigenvalue weighted by Gasteiger charge is 2.20. The predicted octanol–water partition coefficient (Wildman–Crippen LogP) is 5.36. The molecule has 0 heterocycles. The number of halogens is 4. The Morgan fingerprint density at radius 2 is 1.00 bits per heavy atom. The monoisotopic (exact) mass is 370 g/mol. The van der Waals surface area contributed by atoms with E-state index < -0.39 is 43.3 Å². The maximum Gasteiger partial charge on any atom is 0.388 e. The number of carbonyl (C=O) groups excluding carboxylic acids is 1. The van der Waals surface area contributed by atoms with Gasteiger partial charge in [-0.15, -0.1) is 24.3 Å². The summed E-state index contributed by atoms with van der Waals surface area (Å²) in [5.41, 5.74) is 0. The Labute approximate surface area is 120 Å². The first-order valence-electron chi connectivity index (χ1n) is 5.45. The van der Waals surface area contributed by atoms with Gasteiger partial charge in [0.05, 0.1) is 0 Å². The second-order valence-electron chi connectivity index (χ2n) is 5.82. The molecule has 0 aromatic rings. The van der Waals surface area contributed by atoms with E-state index in [0.29, 0.717) is 0 Å². The predicted molar refractivity (Wildman–Crippen MR) is 81.0 cm³/mol. The van der Waals surface area contributed by atoms with E-state index in [2.05, 4.69) is 16.8 Å². The van der Waals surface area contributed by atoms with Crippen LogP contribution in [0, 0.1) is 0 Å². The van der Waals surface area contributed by atoms with Gasteiger partial charge in [0.2, 0.25) is 0 Å². The van der Waals surface area contributed by atoms with Gasteiger partial charge in [0.25, 0.3) is 20.8 Å². The lowest BCUT2D eigenvalue weighted by molar-refractivity contribution is 0.257. The molecule has 0 aliphatic heterocycles. The van der Waals surface area contributed by atoms with Crippen molar-refractivity contribution in [1.82, 2.24) is 0 Å². The van der Waals surface area contributed by atoms with Gasteiger partial charge in [-0.1, -0.05) is 0 Å². The summed E-state index contributed by atoms with van der Waals surface area (Å²) >= 11 is 0. The fourth-order valence-electron chi connectivity index (χ4n) is 0.904. The number of amides is 2. The van der Waals surface area contributed by atoms with Crippen molar-refractivity contribution >= 4 is 43.3 Å². The van der Waals surface area contributed by atoms with Gasteiger partial charge in [-0.05, 0) is 39.3 Å². The van der Waals surface area contributed by atoms with Gasteiger partial charge in [0, 0.05) is 0 Å². The number of urea groups is 1. The Kier molecular flexibility index (Phi) is 6.14. The molecule has 0 aromatic heterocycles. The summed E-state index contributed by atoms with van der Waals surface area (Å²) in [6.07, 6.45) is 0. The molecule has 0 fully saturated rings. The smallest absolute Gasteiger partial charge is 0.242 e. The highest BCUT2D eigenvalue weighted by atomic mass is 32.3. The Morgan fingerprint density at radius 3 is 1.20 bits per heavy atom. The number of carbonyl (C=O) groups is 1. The maximum atomic E-state index is 13.3. The summed E-state index contributed by atoms with van der Waals surface area (Å²) < 4.78 is 64.5. The van der Waals surface area contributed by atoms with Crippen molar-refractivity contribution in [2.24, 2.45) is 16.8 Å². The van der Waals surface area contributed by atoms with E-state index in [1.54, 1.807) is 0 Å². The fourth-order valence-corrected chi connectivity index (χ4v) is 7.01. The highest BCUT2D eigenvalue weighted by Crippen LogP contribution is 2.17. The first-order valence-corrected chi connectivity index (χ1v) is 15.0. The van der Waals surface area contributed by atoms with Crippen LogP contribution in [0.1, 0.15) is 0 Å². The second-order valence-corrected chi connectivity index (χ2v) is 18.0. The number of nitrogens with zero attached hydrogens (tertiary/aromatic N) is 4. The van der Waals surface area contributed by atoms with E-state index in [0.717, 1.165) is 0 Å². The minimum absolute atomic E-state index is 1.52. The van der Waals surface area contributed by atoms with Gasteiger partial charge >= 0.3 is 6.03 Å². The zero-order valence-corrected chi connectivity index (χ0v) is 15.7. The molecule has 0 N–H and O–H groups in total. The normalized spacial score (nSPS) is 13.7. The van der Waals surface area contributed by atoms with Gasteiger partial charge in [-0.25, -0.2) is 12.9 Å². The number of rotatable bonds is 2. The average Bonchev–Trinajstić information content (AvgIpc) is 1.86. The topological polar surface area (TPSA) is 66.5 Å². The standard InChI is InChI=1S/C7H18F4N4OS2Si2/c1-19(2,3)14-17(8,9)12-7(16)13-18(10,11)15-20(4,5)6/h1-6H3. The molecule has 2 amide bonds. The van der Waals surface area contributed by atoms with Crippen LogP contribution in [0.3, 0.4) is 0 Å². The van der Waals surface area contributed by atoms with Crippen molar-refractivity contribution in [1.29, 1.82) is 0 Å². The summed E-state index contributed by atoms with van der Waals surface area (Å²) in [4.78, 5) is 11.1. The minimum atomic E-state index is -4.94. The Morgan fingerprint density at radius 1 is 0.750 bits per heavy atom. The van der Waals surface area contributed by atoms with Gasteiger partial charge in [-0.2, -0.15) is 0 Å². The second kappa shape index (κ2) is 6.23. The molecule has 120 valence electrons. The zero-order chi connectivity index (χ0) is 16.4. The molecule has 0 spiro atoms. The molecule has 0 rings (SSSR count). The first kappa shape index (κ1) is 19.7. The van der Waals surface area contributed by atoms with Gasteiger partial charge in [-0.3, -0.25) is 0 Å². The lowest BCUT2D eigenvalue weighted by Crippen LogP contribution is -2.17. The Bertz CT molecular complexity index is 564. The van der Waals surface area contributed by atoms with Crippen molar-refractivity contribution in [3.63, 3.8) is 0 Å². The third-order valence-electron chi connectivity index (χ3n) is 1.14. The molecule has 0 radical (unpaired) electrons. The third-order valence-corrected chi connectivity index (χ3v) is 8.03. The summed E-state index contributed by atoms with van der Waals surface area (Å²) in [6.45, 7) is 9.12. The molecule has 0 aliphatic carbocycles. The summed E-state index contributed by atoms with van der Waals surface area (Å²) in [6, 6.07) is -1.89. The van der Waals surface area contributed by atoms with Crippen LogP contribution >= 0.6 is 0 Å². The molecule has 0 unspecified atom stereocenters. The van der Waals surface area contributed by atoms with Crippen LogP contribution in [0.4, 0.5) is 20.3 Å². The van der Waals surface area contributed by atoms with Gasteiger partial charge in [0.1, 0.15) is 0 Å². The van der Waals surface area contributed by atoms with Crippen LogP contribution in [0.2, 0.25) is 39.3 Å². The van der Waals surface area contributed by atoms with Crippen molar-refractivity contribution < 1.29 is 20.3 Å². The lowest BCUT2D eigenvalue weighted by atomic mass is 11.2. The van der Waals surface area contributed by atoms with Crippen LogP contribution in [-0.2, 0) is 20.8 Å². The highest BCUT2D eigenvalue weighted by molar-refractivity contribution is 7.87. The maximum absolute atomic E-state index is 13.3. The van der Waals surface area contributed by atoms with E-state index in [1.807, 2.05) is 0 Å². The van der Waals surface area contributed by atoms with E-state index in [1.165, 1.54) is 39.3 Å². The summed E-state index contributed by atoms with van der Waals surface area (Å²) in [5, 5.41) is 0. The molecule has 0 saturated carbocycles. The molecular weight excluding hydrogens is 352 g/mol. The molecule has 0 aliphatic rings. The molecule has 13 heteroatoms. The molecule has 0 aromatic carbocycles. The quantitative estimate of drug-likeness (QED) is 0.477. The lowest BCUT2D eigenvalue weighted by Gasteiger charge is -2.08. The fraction of sp³-hybridized carbons (Fsp3) is 0.857. The van der Waals surface area contributed by atoms with E-state index in [9.17, 15) is 20.3 Å². The molecular formula is C7H18F4N4OS2Si2. The molecule has 20 heavy (non-hydrogen) atoms. The third kappa shape index (κ3) is 10.5. The van der Waals surface area contributed by atoms with Crippen LogP contribution < -0.4 is 0 Å². The average molecular weight is 371 g/mol. The molecule has 0 atom stereocenters. The van der Waals surface area contributed by atoms with Gasteiger partial charge < -0.3 is 0 Å². The largest absolute Gasteiger partial charge is 0.388 e. The van der Waals surface area contributed by atoms with Crippen LogP contribution in [0.25, 0.3) is 0 Å². The van der Waals surface area contributed by atoms with Crippen LogP contribution in [0.15, 0.2) is 16.8 Å². The van der Waals surface area contributed by atoms with Crippen molar-refractivity contribution in [2.45, 2.75) is 39.3 Å². The van der Waals surface area contributed by atoms with Crippen molar-refractivity contribution in [3.05, 3.63) is 0 Å². The van der Waals surface area contributed by atoms with Crippen molar-refractivity contribution in [3.8, 4) is 0 Å². The Balaban J connectivity index is 5.77. The number of hydrogen-bond donors (Lipinski definition) is 0. The SMILES string of the molecule is C[Si](C)(C)N=S(F)(F)=NC(=O)N=S(F)(F)=N[Si](C)(C)C. The molecule has 0 bridgehead atoms. The van der Waals surface area contributed by atoms with Crippen molar-refractivity contribution in [2.75, 3.05) is 0 Å². The Hall–Kier alpha value is -0.276. The van der Waals surface area contributed by atoms with Gasteiger partial charge in [0.15, 0.2) is 16.5 Å². The first-order chi connectivity index (χ1) is 8.52. The van der Waals surface area contributed by atoms with Crippen LogP contribution in [0.5, 0.6) is 0 Å². The van der Waals surface area contributed by atoms with E-state index >= 15 is 0 Å². The molecule has 5 nitrogen and oxygen atoms in total. The minimum Gasteiger partial charge on any atom is -0.242 e.